The lowest BCUT2D eigenvalue weighted by Gasteiger charge is -2.41. The van der Waals surface area contributed by atoms with Gasteiger partial charge in [-0.05, 0) is 280 Å². The van der Waals surface area contributed by atoms with E-state index >= 15 is 0 Å². The number of hydrogen-bond donors (Lipinski definition) is 0. The molecular weight excluding hydrogens is 1800 g/mol. The van der Waals surface area contributed by atoms with Crippen LogP contribution in [0.3, 0.4) is 0 Å². The van der Waals surface area contributed by atoms with Crippen LogP contribution in [0.15, 0.2) is 309 Å². The Morgan fingerprint density at radius 3 is 0.873 bits per heavy atom. The molecule has 0 saturated heterocycles. The van der Waals surface area contributed by atoms with Crippen LogP contribution in [0.1, 0.15) is 195 Å². The van der Waals surface area contributed by atoms with Crippen LogP contribution >= 0.6 is 45.3 Å². The van der Waals surface area contributed by atoms with Gasteiger partial charge in [0.05, 0.1) is 52.2 Å². The number of anilines is 12. The number of aromatic nitrogens is 2. The zero-order valence-electron chi connectivity index (χ0n) is 85.9. The van der Waals surface area contributed by atoms with Crippen LogP contribution in [0.2, 0.25) is 0 Å². The number of rotatable bonds is 8. The Balaban J connectivity index is 0.000000149. The summed E-state index contributed by atoms with van der Waals surface area (Å²) in [5.41, 5.74) is 42.3. The largest absolute Gasteiger partial charge is 0.310 e. The molecule has 12 heteroatoms. The summed E-state index contributed by atoms with van der Waals surface area (Å²) in [6.07, 6.45) is 0. The molecule has 0 amide bonds. The van der Waals surface area contributed by atoms with Gasteiger partial charge in [0.25, 0.3) is 13.4 Å². The predicted molar refractivity (Wildman–Crippen MR) is 627 cm³/mol. The number of benzene rings is 16. The molecule has 0 spiro atoms. The Bertz CT molecular complexity index is 8940. The van der Waals surface area contributed by atoms with E-state index in [1.807, 2.05) is 45.3 Å². The fraction of sp³-hybridized carbons (Fsp3) is 0.231. The quantitative estimate of drug-likeness (QED) is 0.141. The van der Waals surface area contributed by atoms with Crippen LogP contribution in [-0.4, -0.2) is 22.6 Å². The van der Waals surface area contributed by atoms with Crippen LogP contribution in [-0.2, 0) is 37.9 Å². The summed E-state index contributed by atoms with van der Waals surface area (Å²) in [6, 6.07) is 120. The molecule has 0 N–H and O–H groups in total. The van der Waals surface area contributed by atoms with Gasteiger partial charge in [-0.1, -0.05) is 309 Å². The molecule has 0 bridgehead atoms. The van der Waals surface area contributed by atoms with E-state index in [9.17, 15) is 0 Å². The Morgan fingerprint density at radius 2 is 0.507 bits per heavy atom. The van der Waals surface area contributed by atoms with Crippen LogP contribution in [0, 0.1) is 13.8 Å². The maximum Gasteiger partial charge on any atom is 0.252 e. The van der Waals surface area contributed by atoms with E-state index in [1.54, 1.807) is 0 Å². The summed E-state index contributed by atoms with van der Waals surface area (Å²) in [5.74, 6) is 0. The highest BCUT2D eigenvalue weighted by molar-refractivity contribution is 7.28. The summed E-state index contributed by atoms with van der Waals surface area (Å²) >= 11 is 7.75. The summed E-state index contributed by atoms with van der Waals surface area (Å²) < 4.78 is 16.0. The number of aryl methyl sites for hydroxylation is 2. The van der Waals surface area contributed by atoms with Gasteiger partial charge in [0.2, 0.25) is 0 Å². The minimum atomic E-state index is -0.0607. The maximum absolute atomic E-state index is 2.67. The molecule has 4 aliphatic heterocycles. The first-order chi connectivity index (χ1) is 67.7. The molecule has 6 nitrogen and oxygen atoms in total. The van der Waals surface area contributed by atoms with Gasteiger partial charge in [0.1, 0.15) is 0 Å². The van der Waals surface area contributed by atoms with E-state index in [4.69, 9.17) is 0 Å². The van der Waals surface area contributed by atoms with Gasteiger partial charge in [-0.15, -0.1) is 45.3 Å². The van der Waals surface area contributed by atoms with E-state index in [1.165, 1.54) is 231 Å². The van der Waals surface area contributed by atoms with Crippen molar-refractivity contribution in [3.8, 4) is 11.4 Å². The molecule has 16 aromatic carbocycles. The van der Waals surface area contributed by atoms with Crippen molar-refractivity contribution in [1.82, 2.24) is 9.13 Å². The molecule has 26 rings (SSSR count). The Kier molecular flexibility index (Phi) is 20.1. The molecule has 0 unspecified atom stereocenters. The third-order valence-electron chi connectivity index (χ3n) is 31.1. The van der Waals surface area contributed by atoms with E-state index in [0.29, 0.717) is 0 Å². The minimum Gasteiger partial charge on any atom is -0.310 e. The maximum atomic E-state index is 2.67. The van der Waals surface area contributed by atoms with E-state index in [2.05, 4.69) is 497 Å². The SMILES string of the molecule is Cc1cc2c3c(c1)-n1c4c(cc(C(C)(C)C)cc4c4sc5ccccc5c41)B3c1ccc(N(c3ccc(C(C)(C)C)cc3)c3ccc(C(C)(C)C)cc3)cc1N2c1cccc2c1sc1cc(C(C)(C)C)ccc12.Cc1cc2c3c(c1)-n1c4c(cc(C(C)(C)C)cc4c4sc5ccccc5c41)B3c1ccc(N(c3ccc(C(C)(C)C)cc3)c3ccc(C(C)(C)C)cc3)cc1N2c1cccc2c1sc1ccccc12. The third kappa shape index (κ3) is 14.1. The molecular formula is C130H120B2N6S4. The summed E-state index contributed by atoms with van der Waals surface area (Å²) in [5, 5.41) is 10.6. The number of hydrogen-bond acceptors (Lipinski definition) is 8. The van der Waals surface area contributed by atoms with Crippen molar-refractivity contribution in [3.63, 3.8) is 0 Å². The summed E-state index contributed by atoms with van der Waals surface area (Å²) in [7, 11) is 0. The molecule has 0 atom stereocenters. The number of fused-ring (bicyclic) bond motifs is 24. The first kappa shape index (κ1) is 90.1. The second kappa shape index (κ2) is 31.7. The van der Waals surface area contributed by atoms with E-state index < -0.39 is 0 Å². The van der Waals surface area contributed by atoms with Crippen LogP contribution in [0.4, 0.5) is 68.2 Å². The predicted octanol–water partition coefficient (Wildman–Crippen LogP) is 34.6. The first-order valence-electron chi connectivity index (χ1n) is 50.7. The van der Waals surface area contributed by atoms with Gasteiger partial charge in [0.15, 0.2) is 0 Å². The molecule has 0 saturated carbocycles. The lowest BCUT2D eigenvalue weighted by Crippen LogP contribution is -2.60. The second-order valence-electron chi connectivity index (χ2n) is 47.9. The van der Waals surface area contributed by atoms with Crippen molar-refractivity contribution >= 4 is 263 Å². The van der Waals surface area contributed by atoms with Gasteiger partial charge in [-0.3, -0.25) is 0 Å². The van der Waals surface area contributed by atoms with Crippen LogP contribution in [0.25, 0.3) is 114 Å². The molecule has 0 fully saturated rings. The fourth-order valence-electron chi connectivity index (χ4n) is 23.5. The smallest absolute Gasteiger partial charge is 0.252 e. The van der Waals surface area contributed by atoms with Gasteiger partial charge in [-0.2, -0.15) is 0 Å². The molecule has 22 aromatic rings. The van der Waals surface area contributed by atoms with Crippen molar-refractivity contribution in [2.75, 3.05) is 19.6 Å². The molecule has 10 heterocycles. The minimum absolute atomic E-state index is 0.0000123. The normalized spacial score (nSPS) is 13.7. The standard InChI is InChI=1S/C67H64BN3S2.C63H56BN3S2/c1-39-33-55-59-56(34-39)71-60-50(63-61(71)49-17-14-15-20-57(49)72-63)35-43(67(11,12)13)36-52(60)68(59)51-32-30-46(69(44-26-21-40(22-27-44)64(2,3)4)45-28-23-41(24-29-45)65(5,6)7)38-54(51)70(55)53-19-16-18-48-47-31-25-42(66(8,9)10)37-58(47)73-62(48)53;1-37-32-52-56-53(33-37)67-57-47(60-58(67)46-17-12-14-21-55(46)69-60)34-40(63(8,9)10)35-49(57)64(56)48-31-30-43(36-51(48)66(52)50-19-15-18-45-44-16-11-13-20-54(44)68-59(45)50)65(41-26-22-38(23-27-41)61(2,3)4)42-28-24-39(25-29-42)62(5,6)7/h14-38H,1-13H3;11-36H,1-10H3. The Labute approximate surface area is 852 Å². The molecule has 6 aromatic heterocycles. The third-order valence-corrected chi connectivity index (χ3v) is 35.9. The molecule has 0 aliphatic carbocycles. The van der Waals surface area contributed by atoms with Crippen molar-refractivity contribution < 1.29 is 0 Å². The van der Waals surface area contributed by atoms with Gasteiger partial charge in [0, 0.05) is 130 Å². The highest BCUT2D eigenvalue weighted by Crippen LogP contribution is 2.56. The lowest BCUT2D eigenvalue weighted by atomic mass is 9.33. The zero-order valence-corrected chi connectivity index (χ0v) is 89.2. The topological polar surface area (TPSA) is 22.8 Å². The summed E-state index contributed by atoms with van der Waals surface area (Å²) in [6.45, 7) is 53.4. The second-order valence-corrected chi connectivity index (χ2v) is 52.1. The van der Waals surface area contributed by atoms with Gasteiger partial charge in [-0.25, -0.2) is 0 Å². The molecule has 142 heavy (non-hydrogen) atoms. The Hall–Kier alpha value is -13.2. The number of nitrogens with zero attached hydrogens (tertiary/aromatic N) is 6. The van der Waals surface area contributed by atoms with Crippen molar-refractivity contribution in [2.24, 2.45) is 0 Å². The van der Waals surface area contributed by atoms with Crippen molar-refractivity contribution in [1.29, 1.82) is 0 Å². The van der Waals surface area contributed by atoms with Crippen LogP contribution < -0.4 is 52.4 Å². The average molecular weight is 1920 g/mol. The van der Waals surface area contributed by atoms with E-state index in [0.717, 1.165) is 34.1 Å². The lowest BCUT2D eigenvalue weighted by molar-refractivity contribution is 0.590. The highest BCUT2D eigenvalue weighted by atomic mass is 32.1. The first-order valence-corrected chi connectivity index (χ1v) is 54.0. The van der Waals surface area contributed by atoms with E-state index in [-0.39, 0.29) is 51.3 Å². The van der Waals surface area contributed by atoms with Crippen molar-refractivity contribution in [3.05, 3.63) is 359 Å². The number of thiophene rings is 4. The van der Waals surface area contributed by atoms with Gasteiger partial charge < -0.3 is 28.7 Å². The van der Waals surface area contributed by atoms with Crippen LogP contribution in [0.5, 0.6) is 0 Å². The molecule has 0 radical (unpaired) electrons. The molecule has 4 aliphatic rings. The summed E-state index contributed by atoms with van der Waals surface area (Å²) in [4.78, 5) is 10.3. The molecule has 700 valence electrons. The average Bonchev–Trinajstić information content (AvgIpc) is 1.49. The van der Waals surface area contributed by atoms with Crippen molar-refractivity contribution in [2.45, 2.75) is 197 Å². The Morgan fingerprint density at radius 1 is 0.204 bits per heavy atom. The fourth-order valence-corrected chi connectivity index (χ4v) is 28.4. The zero-order chi connectivity index (χ0) is 98.3. The highest BCUT2D eigenvalue weighted by Gasteiger charge is 2.48. The van der Waals surface area contributed by atoms with Gasteiger partial charge >= 0.3 is 0 Å². The monoisotopic (exact) mass is 1910 g/mol.